The molecule has 0 aliphatic rings. The standard InChI is InChI=1S/C11H13BrF3NO/c1-7(8-4-2-3-5-9(8)12)16-6-10(17)11(13,14)15/h2-5,7,10,16-17H,6H2,1H3. The first-order valence-corrected chi connectivity index (χ1v) is 5.84. The van der Waals surface area contributed by atoms with Crippen LogP contribution in [0.2, 0.25) is 0 Å². The van der Waals surface area contributed by atoms with Gasteiger partial charge in [0.25, 0.3) is 0 Å². The zero-order chi connectivity index (χ0) is 13.1. The monoisotopic (exact) mass is 311 g/mol. The summed E-state index contributed by atoms with van der Waals surface area (Å²) >= 11 is 3.32. The summed E-state index contributed by atoms with van der Waals surface area (Å²) in [7, 11) is 0. The highest BCUT2D eigenvalue weighted by Crippen LogP contribution is 2.24. The van der Waals surface area contributed by atoms with Crippen molar-refractivity contribution in [2.45, 2.75) is 25.2 Å². The van der Waals surface area contributed by atoms with Crippen LogP contribution in [0.25, 0.3) is 0 Å². The van der Waals surface area contributed by atoms with Crippen LogP contribution in [0.4, 0.5) is 13.2 Å². The normalized spacial score (nSPS) is 15.6. The fourth-order valence-electron chi connectivity index (χ4n) is 1.34. The van der Waals surface area contributed by atoms with Gasteiger partial charge in [-0.25, -0.2) is 0 Å². The first-order valence-electron chi connectivity index (χ1n) is 5.05. The van der Waals surface area contributed by atoms with Crippen molar-refractivity contribution < 1.29 is 18.3 Å². The van der Waals surface area contributed by atoms with Gasteiger partial charge in [0.1, 0.15) is 0 Å². The average Bonchev–Trinajstić information content (AvgIpc) is 2.24. The number of alkyl halides is 3. The molecule has 2 N–H and O–H groups in total. The first kappa shape index (κ1) is 14.5. The minimum Gasteiger partial charge on any atom is -0.382 e. The molecule has 0 fully saturated rings. The molecule has 0 radical (unpaired) electrons. The van der Waals surface area contributed by atoms with Gasteiger partial charge in [0.15, 0.2) is 6.10 Å². The van der Waals surface area contributed by atoms with E-state index in [9.17, 15) is 13.2 Å². The summed E-state index contributed by atoms with van der Waals surface area (Å²) in [5.41, 5.74) is 0.849. The smallest absolute Gasteiger partial charge is 0.382 e. The predicted octanol–water partition coefficient (Wildman–Crippen LogP) is 3.02. The van der Waals surface area contributed by atoms with E-state index in [2.05, 4.69) is 21.2 Å². The van der Waals surface area contributed by atoms with Crippen molar-refractivity contribution in [3.8, 4) is 0 Å². The van der Waals surface area contributed by atoms with Crippen molar-refractivity contribution in [1.29, 1.82) is 0 Å². The SMILES string of the molecule is CC(NCC(O)C(F)(F)F)c1ccccc1Br. The van der Waals surface area contributed by atoms with Crippen LogP contribution in [0.5, 0.6) is 0 Å². The molecule has 0 aromatic heterocycles. The number of hydrogen-bond donors (Lipinski definition) is 2. The van der Waals surface area contributed by atoms with Crippen molar-refractivity contribution >= 4 is 15.9 Å². The molecule has 1 aromatic rings. The summed E-state index contributed by atoms with van der Waals surface area (Å²) in [6, 6.07) is 6.97. The van der Waals surface area contributed by atoms with E-state index in [1.165, 1.54) is 0 Å². The Morgan fingerprint density at radius 2 is 1.94 bits per heavy atom. The van der Waals surface area contributed by atoms with E-state index in [0.717, 1.165) is 10.0 Å². The van der Waals surface area contributed by atoms with Crippen molar-refractivity contribution in [2.75, 3.05) is 6.54 Å². The van der Waals surface area contributed by atoms with Crippen molar-refractivity contribution in [1.82, 2.24) is 5.32 Å². The number of nitrogens with one attached hydrogen (secondary N) is 1. The summed E-state index contributed by atoms with van der Waals surface area (Å²) in [6.45, 7) is 1.22. The van der Waals surface area contributed by atoms with Crippen molar-refractivity contribution in [3.63, 3.8) is 0 Å². The summed E-state index contributed by atoms with van der Waals surface area (Å²) in [5, 5.41) is 11.5. The lowest BCUT2D eigenvalue weighted by Gasteiger charge is -2.20. The molecule has 0 aliphatic carbocycles. The second kappa shape index (κ2) is 5.84. The van der Waals surface area contributed by atoms with Gasteiger partial charge < -0.3 is 10.4 Å². The molecule has 0 amide bonds. The van der Waals surface area contributed by atoms with Gasteiger partial charge in [0.2, 0.25) is 0 Å². The Morgan fingerprint density at radius 1 is 1.35 bits per heavy atom. The third-order valence-electron chi connectivity index (χ3n) is 2.37. The van der Waals surface area contributed by atoms with E-state index in [1.54, 1.807) is 13.0 Å². The molecule has 0 spiro atoms. The fraction of sp³-hybridized carbons (Fsp3) is 0.455. The summed E-state index contributed by atoms with van der Waals surface area (Å²) in [5.74, 6) is 0. The maximum absolute atomic E-state index is 12.1. The first-order chi connectivity index (χ1) is 7.82. The van der Waals surface area contributed by atoms with Crippen LogP contribution in [-0.4, -0.2) is 23.9 Å². The van der Waals surface area contributed by atoms with Gasteiger partial charge in [-0.3, -0.25) is 0 Å². The number of benzene rings is 1. The fourth-order valence-corrected chi connectivity index (χ4v) is 1.97. The summed E-state index contributed by atoms with van der Waals surface area (Å²) < 4.78 is 37.1. The molecule has 1 aromatic carbocycles. The Balaban J connectivity index is 2.57. The zero-order valence-electron chi connectivity index (χ0n) is 9.13. The van der Waals surface area contributed by atoms with E-state index in [-0.39, 0.29) is 6.04 Å². The van der Waals surface area contributed by atoms with Crippen molar-refractivity contribution in [3.05, 3.63) is 34.3 Å². The molecule has 0 aliphatic heterocycles. The highest BCUT2D eigenvalue weighted by molar-refractivity contribution is 9.10. The Bertz CT molecular complexity index is 370. The maximum atomic E-state index is 12.1. The summed E-state index contributed by atoms with van der Waals surface area (Å²) in [6.07, 6.45) is -6.92. The molecule has 6 heteroatoms. The predicted molar refractivity (Wildman–Crippen MR) is 62.6 cm³/mol. The van der Waals surface area contributed by atoms with Crippen molar-refractivity contribution in [2.24, 2.45) is 0 Å². The lowest BCUT2D eigenvalue weighted by Crippen LogP contribution is -2.39. The average molecular weight is 312 g/mol. The third-order valence-corrected chi connectivity index (χ3v) is 3.09. The largest absolute Gasteiger partial charge is 0.415 e. The van der Waals surface area contributed by atoms with E-state index in [4.69, 9.17) is 5.11 Å². The molecule has 0 saturated heterocycles. The highest BCUT2D eigenvalue weighted by atomic mass is 79.9. The van der Waals surface area contributed by atoms with Crippen LogP contribution in [0, 0.1) is 0 Å². The topological polar surface area (TPSA) is 32.3 Å². The molecule has 0 saturated carbocycles. The Kier molecular flexibility index (Phi) is 4.97. The number of aliphatic hydroxyl groups is 1. The van der Waals surface area contributed by atoms with Crippen LogP contribution < -0.4 is 5.32 Å². The second-order valence-corrected chi connectivity index (χ2v) is 4.56. The minimum absolute atomic E-state index is 0.275. The Morgan fingerprint density at radius 3 is 2.47 bits per heavy atom. The third kappa shape index (κ3) is 4.29. The second-order valence-electron chi connectivity index (χ2n) is 3.71. The number of hydrogen-bond acceptors (Lipinski definition) is 2. The molecular weight excluding hydrogens is 299 g/mol. The number of halogens is 4. The van der Waals surface area contributed by atoms with E-state index < -0.39 is 18.8 Å². The van der Waals surface area contributed by atoms with Crippen LogP contribution >= 0.6 is 15.9 Å². The van der Waals surface area contributed by atoms with Gasteiger partial charge in [0.05, 0.1) is 0 Å². The molecule has 2 atom stereocenters. The highest BCUT2D eigenvalue weighted by Gasteiger charge is 2.37. The maximum Gasteiger partial charge on any atom is 0.415 e. The molecule has 0 heterocycles. The van der Waals surface area contributed by atoms with Gasteiger partial charge in [-0.1, -0.05) is 34.1 Å². The van der Waals surface area contributed by atoms with Gasteiger partial charge >= 0.3 is 6.18 Å². The van der Waals surface area contributed by atoms with Crippen LogP contribution in [0.3, 0.4) is 0 Å². The summed E-state index contributed by atoms with van der Waals surface area (Å²) in [4.78, 5) is 0. The lowest BCUT2D eigenvalue weighted by molar-refractivity contribution is -0.202. The Labute approximate surface area is 106 Å². The molecule has 2 nitrogen and oxygen atoms in total. The number of aliphatic hydroxyl groups excluding tert-OH is 1. The molecule has 17 heavy (non-hydrogen) atoms. The van der Waals surface area contributed by atoms with E-state index >= 15 is 0 Å². The minimum atomic E-state index is -4.58. The molecular formula is C11H13BrF3NO. The van der Waals surface area contributed by atoms with E-state index in [0.29, 0.717) is 0 Å². The van der Waals surface area contributed by atoms with Gasteiger partial charge in [-0.2, -0.15) is 13.2 Å². The lowest BCUT2D eigenvalue weighted by atomic mass is 10.1. The van der Waals surface area contributed by atoms with Crippen LogP contribution in [0.15, 0.2) is 28.7 Å². The van der Waals surface area contributed by atoms with Gasteiger partial charge in [-0.05, 0) is 18.6 Å². The molecule has 96 valence electrons. The molecule has 0 bridgehead atoms. The number of rotatable bonds is 4. The van der Waals surface area contributed by atoms with Crippen LogP contribution in [0.1, 0.15) is 18.5 Å². The quantitative estimate of drug-likeness (QED) is 0.896. The molecule has 1 rings (SSSR count). The molecule has 2 unspecified atom stereocenters. The zero-order valence-corrected chi connectivity index (χ0v) is 10.7. The van der Waals surface area contributed by atoms with Gasteiger partial charge in [0, 0.05) is 17.1 Å². The van der Waals surface area contributed by atoms with Crippen LogP contribution in [-0.2, 0) is 0 Å². The Hall–Kier alpha value is -0.590. The van der Waals surface area contributed by atoms with E-state index in [1.807, 2.05) is 18.2 Å². The van der Waals surface area contributed by atoms with Gasteiger partial charge in [-0.15, -0.1) is 0 Å².